The third-order valence-corrected chi connectivity index (χ3v) is 4.45. The molecule has 124 valence electrons. The molecule has 0 saturated heterocycles. The molecule has 23 heavy (non-hydrogen) atoms. The lowest BCUT2D eigenvalue weighted by Crippen LogP contribution is -2.33. The van der Waals surface area contributed by atoms with Crippen molar-refractivity contribution in [3.63, 3.8) is 0 Å². The van der Waals surface area contributed by atoms with Crippen LogP contribution in [0.15, 0.2) is 18.3 Å². The molecular formula is C18H25N3O2. The first kappa shape index (κ1) is 17.2. The summed E-state index contributed by atoms with van der Waals surface area (Å²) in [6.45, 7) is 8.45. The second-order valence-electron chi connectivity index (χ2n) is 6.00. The van der Waals surface area contributed by atoms with Gasteiger partial charge >= 0.3 is 0 Å². The Hall–Kier alpha value is -2.14. The molecule has 2 rings (SSSR count). The van der Waals surface area contributed by atoms with E-state index in [2.05, 4.69) is 16.5 Å². The van der Waals surface area contributed by atoms with Gasteiger partial charge in [-0.05, 0) is 56.0 Å². The number of nitrogens with one attached hydrogen (secondary N) is 1. The minimum absolute atomic E-state index is 0.0740. The van der Waals surface area contributed by atoms with Crippen molar-refractivity contribution in [3.05, 3.63) is 51.8 Å². The van der Waals surface area contributed by atoms with E-state index in [1.54, 1.807) is 18.0 Å². The van der Waals surface area contributed by atoms with Crippen molar-refractivity contribution in [1.29, 1.82) is 0 Å². The number of carbonyl (C=O) groups is 1. The summed E-state index contributed by atoms with van der Waals surface area (Å²) in [6, 6.07) is 3.78. The number of carbonyl (C=O) groups excluding carboxylic acids is 1. The van der Waals surface area contributed by atoms with Crippen LogP contribution in [-0.4, -0.2) is 29.4 Å². The molecule has 0 fully saturated rings. The monoisotopic (exact) mass is 315 g/mol. The highest BCUT2D eigenvalue weighted by molar-refractivity contribution is 5.98. The van der Waals surface area contributed by atoms with E-state index < -0.39 is 0 Å². The quantitative estimate of drug-likeness (QED) is 0.923. The fraction of sp³-hybridized carbons (Fsp3) is 0.444. The first-order chi connectivity index (χ1) is 10.9. The van der Waals surface area contributed by atoms with E-state index in [0.29, 0.717) is 6.61 Å². The number of methoxy groups -OCH3 is 1. The van der Waals surface area contributed by atoms with Crippen LogP contribution >= 0.6 is 0 Å². The Labute approximate surface area is 137 Å². The minimum atomic E-state index is -0.236. The van der Waals surface area contributed by atoms with Crippen molar-refractivity contribution < 1.29 is 9.53 Å². The summed E-state index contributed by atoms with van der Waals surface area (Å²) in [5.74, 6) is -0.0740. The Morgan fingerprint density at radius 3 is 2.35 bits per heavy atom. The summed E-state index contributed by atoms with van der Waals surface area (Å²) < 4.78 is 7.03. The summed E-state index contributed by atoms with van der Waals surface area (Å²) in [5.41, 5.74) is 5.97. The van der Waals surface area contributed by atoms with Crippen LogP contribution in [0.25, 0.3) is 0 Å². The molecule has 5 heteroatoms. The molecule has 0 spiro atoms. The summed E-state index contributed by atoms with van der Waals surface area (Å²) in [7, 11) is 3.49. The first-order valence-corrected chi connectivity index (χ1v) is 7.72. The highest BCUT2D eigenvalue weighted by Gasteiger charge is 2.22. The van der Waals surface area contributed by atoms with E-state index in [4.69, 9.17) is 4.74 Å². The number of nitrogens with zero attached hydrogens (tertiary/aromatic N) is 2. The normalized spacial score (nSPS) is 12.3. The molecule has 1 N–H and O–H groups in total. The molecule has 0 aliphatic carbocycles. The highest BCUT2D eigenvalue weighted by atomic mass is 16.5. The van der Waals surface area contributed by atoms with Crippen molar-refractivity contribution >= 4 is 5.91 Å². The Morgan fingerprint density at radius 2 is 1.87 bits per heavy atom. The zero-order chi connectivity index (χ0) is 17.1. The molecule has 0 bridgehead atoms. The maximum atomic E-state index is 12.9. The molecule has 0 radical (unpaired) electrons. The van der Waals surface area contributed by atoms with E-state index >= 15 is 0 Å². The molecule has 1 aromatic carbocycles. The van der Waals surface area contributed by atoms with Gasteiger partial charge in [0.2, 0.25) is 0 Å². The molecule has 0 saturated carbocycles. The van der Waals surface area contributed by atoms with Crippen LogP contribution in [0.5, 0.6) is 0 Å². The van der Waals surface area contributed by atoms with Crippen molar-refractivity contribution in [1.82, 2.24) is 15.1 Å². The predicted molar refractivity (Wildman–Crippen MR) is 90.7 cm³/mol. The van der Waals surface area contributed by atoms with Crippen LogP contribution in [0.1, 0.15) is 44.3 Å². The number of rotatable bonds is 5. The molecule has 1 amide bonds. The number of benzene rings is 1. The van der Waals surface area contributed by atoms with Gasteiger partial charge in [0.05, 0.1) is 18.3 Å². The molecule has 5 nitrogen and oxygen atoms in total. The van der Waals surface area contributed by atoms with Crippen LogP contribution in [0, 0.1) is 27.7 Å². The number of hydrogen-bond donors (Lipinski definition) is 1. The second kappa shape index (κ2) is 6.96. The molecule has 1 unspecified atom stereocenters. The van der Waals surface area contributed by atoms with E-state index in [-0.39, 0.29) is 11.9 Å². The number of aryl methyl sites for hydroxylation is 3. The van der Waals surface area contributed by atoms with E-state index in [1.165, 1.54) is 0 Å². The highest BCUT2D eigenvalue weighted by Crippen LogP contribution is 2.23. The number of ether oxygens (including phenoxy) is 1. The van der Waals surface area contributed by atoms with E-state index in [9.17, 15) is 4.79 Å². The molecule has 2 aromatic rings. The van der Waals surface area contributed by atoms with Gasteiger partial charge in [-0.15, -0.1) is 0 Å². The Balaban J connectivity index is 2.35. The van der Waals surface area contributed by atoms with Crippen molar-refractivity contribution in [2.24, 2.45) is 7.05 Å². The van der Waals surface area contributed by atoms with Gasteiger partial charge in [0.15, 0.2) is 0 Å². The number of hydrogen-bond acceptors (Lipinski definition) is 3. The van der Waals surface area contributed by atoms with Gasteiger partial charge in [-0.3, -0.25) is 9.48 Å². The summed E-state index contributed by atoms with van der Waals surface area (Å²) in [5, 5.41) is 7.26. The molecule has 0 aliphatic rings. The van der Waals surface area contributed by atoms with Crippen LogP contribution in [0.2, 0.25) is 0 Å². The van der Waals surface area contributed by atoms with Gasteiger partial charge in [0, 0.05) is 25.9 Å². The van der Waals surface area contributed by atoms with Gasteiger partial charge in [0.25, 0.3) is 5.91 Å². The number of aromatic nitrogens is 2. The average molecular weight is 315 g/mol. The summed E-state index contributed by atoms with van der Waals surface area (Å²) in [4.78, 5) is 12.9. The number of amides is 1. The standard InChI is InChI=1S/C18H25N3O2/c1-11-9-12(2)14(4)17(13(11)3)18(22)20-15(10-23-6)16-7-8-19-21(16)5/h7-9,15H,10H2,1-6H3,(H,20,22). The first-order valence-electron chi connectivity index (χ1n) is 7.72. The van der Waals surface area contributed by atoms with E-state index in [0.717, 1.165) is 33.5 Å². The topological polar surface area (TPSA) is 56.1 Å². The Kier molecular flexibility index (Phi) is 5.21. The minimum Gasteiger partial charge on any atom is -0.382 e. The second-order valence-corrected chi connectivity index (χ2v) is 6.00. The summed E-state index contributed by atoms with van der Waals surface area (Å²) >= 11 is 0. The third-order valence-electron chi connectivity index (χ3n) is 4.45. The van der Waals surface area contributed by atoms with Crippen LogP contribution in [0.3, 0.4) is 0 Å². The zero-order valence-electron chi connectivity index (χ0n) is 14.7. The van der Waals surface area contributed by atoms with Gasteiger partial charge in [-0.1, -0.05) is 6.07 Å². The molecular weight excluding hydrogens is 290 g/mol. The van der Waals surface area contributed by atoms with Crippen molar-refractivity contribution in [2.75, 3.05) is 13.7 Å². The lowest BCUT2D eigenvalue weighted by molar-refractivity contribution is 0.0891. The SMILES string of the molecule is COCC(NC(=O)c1c(C)c(C)cc(C)c1C)c1ccnn1C. The van der Waals surface area contributed by atoms with Crippen LogP contribution in [-0.2, 0) is 11.8 Å². The van der Waals surface area contributed by atoms with Gasteiger partial charge < -0.3 is 10.1 Å². The lowest BCUT2D eigenvalue weighted by Gasteiger charge is -2.21. The maximum Gasteiger partial charge on any atom is 0.252 e. The van der Waals surface area contributed by atoms with Crippen LogP contribution in [0.4, 0.5) is 0 Å². The lowest BCUT2D eigenvalue weighted by atomic mass is 9.93. The largest absolute Gasteiger partial charge is 0.382 e. The van der Waals surface area contributed by atoms with Crippen molar-refractivity contribution in [2.45, 2.75) is 33.7 Å². The fourth-order valence-corrected chi connectivity index (χ4v) is 2.88. The molecule has 1 aromatic heterocycles. The molecule has 1 heterocycles. The Bertz CT molecular complexity index is 693. The molecule has 1 atom stereocenters. The van der Waals surface area contributed by atoms with Crippen LogP contribution < -0.4 is 5.32 Å². The zero-order valence-corrected chi connectivity index (χ0v) is 14.7. The predicted octanol–water partition coefficient (Wildman–Crippen LogP) is 2.77. The smallest absolute Gasteiger partial charge is 0.252 e. The summed E-state index contributed by atoms with van der Waals surface area (Å²) in [6.07, 6.45) is 1.72. The van der Waals surface area contributed by atoms with Gasteiger partial charge in [-0.2, -0.15) is 5.10 Å². The van der Waals surface area contributed by atoms with Gasteiger partial charge in [0.1, 0.15) is 0 Å². The van der Waals surface area contributed by atoms with Gasteiger partial charge in [-0.25, -0.2) is 0 Å². The maximum absolute atomic E-state index is 12.9. The average Bonchev–Trinajstić information content (AvgIpc) is 2.91. The molecule has 0 aliphatic heterocycles. The third kappa shape index (κ3) is 3.45. The fourth-order valence-electron chi connectivity index (χ4n) is 2.88. The van der Waals surface area contributed by atoms with E-state index in [1.807, 2.05) is 40.8 Å². The van der Waals surface area contributed by atoms with Crippen molar-refractivity contribution in [3.8, 4) is 0 Å². The Morgan fingerprint density at radius 1 is 1.26 bits per heavy atom.